The van der Waals surface area contributed by atoms with Crippen molar-refractivity contribution in [2.75, 3.05) is 25.6 Å². The average Bonchev–Trinajstić information content (AvgIpc) is 2.38. The highest BCUT2D eigenvalue weighted by Gasteiger charge is 2.23. The van der Waals surface area contributed by atoms with Gasteiger partial charge in [0.25, 0.3) is 0 Å². The summed E-state index contributed by atoms with van der Waals surface area (Å²) in [6.07, 6.45) is 1.89. The van der Waals surface area contributed by atoms with Gasteiger partial charge in [-0.05, 0) is 50.7 Å². The lowest BCUT2D eigenvalue weighted by molar-refractivity contribution is 0.242. The van der Waals surface area contributed by atoms with Crippen LogP contribution in [0.25, 0.3) is 0 Å². The Hall–Kier alpha value is -1.15. The summed E-state index contributed by atoms with van der Waals surface area (Å²) in [6, 6.07) is 6.35. The minimum Gasteiger partial charge on any atom is -0.324 e. The SMILES string of the molecule is CN1CCCC(NS(=O)(=O)c2ccc(NN)cc2)C1. The van der Waals surface area contributed by atoms with Crippen molar-refractivity contribution in [3.63, 3.8) is 0 Å². The van der Waals surface area contributed by atoms with Crippen molar-refractivity contribution in [3.8, 4) is 0 Å². The van der Waals surface area contributed by atoms with Gasteiger partial charge in [0.05, 0.1) is 4.90 Å². The van der Waals surface area contributed by atoms with E-state index in [4.69, 9.17) is 5.84 Å². The van der Waals surface area contributed by atoms with Gasteiger partial charge in [-0.25, -0.2) is 13.1 Å². The molecule has 19 heavy (non-hydrogen) atoms. The van der Waals surface area contributed by atoms with Crippen LogP contribution in [0.15, 0.2) is 29.2 Å². The maximum Gasteiger partial charge on any atom is 0.240 e. The molecule has 1 atom stereocenters. The Morgan fingerprint density at radius 2 is 2.00 bits per heavy atom. The molecule has 0 aromatic heterocycles. The molecule has 2 rings (SSSR count). The number of nitrogens with zero attached hydrogens (tertiary/aromatic N) is 1. The molecule has 0 radical (unpaired) electrons. The molecule has 4 N–H and O–H groups in total. The third-order valence-corrected chi connectivity index (χ3v) is 4.81. The number of sulfonamides is 1. The minimum absolute atomic E-state index is 0.0175. The fraction of sp³-hybridized carbons (Fsp3) is 0.500. The monoisotopic (exact) mass is 284 g/mol. The molecule has 0 spiro atoms. The van der Waals surface area contributed by atoms with Crippen LogP contribution in [0.2, 0.25) is 0 Å². The maximum absolute atomic E-state index is 12.2. The molecule has 1 aromatic carbocycles. The number of piperidine rings is 1. The van der Waals surface area contributed by atoms with Crippen LogP contribution in [0.3, 0.4) is 0 Å². The molecule has 1 aromatic rings. The summed E-state index contributed by atoms with van der Waals surface area (Å²) in [5.74, 6) is 5.25. The minimum atomic E-state index is -3.45. The molecule has 6 nitrogen and oxygen atoms in total. The summed E-state index contributed by atoms with van der Waals surface area (Å²) in [5.41, 5.74) is 3.15. The Balaban J connectivity index is 2.08. The predicted octanol–water partition coefficient (Wildman–Crippen LogP) is 0.345. The normalized spacial score (nSPS) is 21.3. The largest absolute Gasteiger partial charge is 0.324 e. The number of hydrogen-bond acceptors (Lipinski definition) is 5. The van der Waals surface area contributed by atoms with Crippen molar-refractivity contribution < 1.29 is 8.42 Å². The van der Waals surface area contributed by atoms with Crippen LogP contribution >= 0.6 is 0 Å². The summed E-state index contributed by atoms with van der Waals surface area (Å²) in [6.45, 7) is 1.77. The molecule has 1 fully saturated rings. The summed E-state index contributed by atoms with van der Waals surface area (Å²) in [4.78, 5) is 2.40. The average molecular weight is 284 g/mol. The van der Waals surface area contributed by atoms with Crippen LogP contribution in [-0.4, -0.2) is 39.5 Å². The van der Waals surface area contributed by atoms with Crippen LogP contribution in [-0.2, 0) is 10.0 Å². The van der Waals surface area contributed by atoms with E-state index in [-0.39, 0.29) is 10.9 Å². The summed E-state index contributed by atoms with van der Waals surface area (Å²) in [7, 11) is -1.45. The van der Waals surface area contributed by atoms with E-state index in [0.29, 0.717) is 5.69 Å². The number of hydrogen-bond donors (Lipinski definition) is 3. The second kappa shape index (κ2) is 5.87. The van der Waals surface area contributed by atoms with E-state index in [1.165, 1.54) is 0 Å². The van der Waals surface area contributed by atoms with Crippen LogP contribution in [0.5, 0.6) is 0 Å². The van der Waals surface area contributed by atoms with Crippen molar-refractivity contribution >= 4 is 15.7 Å². The van der Waals surface area contributed by atoms with Gasteiger partial charge in [0.1, 0.15) is 0 Å². The smallest absolute Gasteiger partial charge is 0.240 e. The van der Waals surface area contributed by atoms with Gasteiger partial charge in [0, 0.05) is 18.3 Å². The number of nitrogens with two attached hydrogens (primary N) is 1. The zero-order chi connectivity index (χ0) is 13.9. The number of likely N-dealkylation sites (tertiary alicyclic amines) is 1. The summed E-state index contributed by atoms with van der Waals surface area (Å²) < 4.78 is 27.2. The lowest BCUT2D eigenvalue weighted by Crippen LogP contribution is -2.46. The van der Waals surface area contributed by atoms with Crippen molar-refractivity contribution in [3.05, 3.63) is 24.3 Å². The molecule has 1 aliphatic rings. The van der Waals surface area contributed by atoms with E-state index in [1.807, 2.05) is 7.05 Å². The van der Waals surface area contributed by atoms with Crippen LogP contribution in [0.4, 0.5) is 5.69 Å². The van der Waals surface area contributed by atoms with Crippen molar-refractivity contribution in [2.24, 2.45) is 5.84 Å². The van der Waals surface area contributed by atoms with Crippen molar-refractivity contribution in [1.29, 1.82) is 0 Å². The highest BCUT2D eigenvalue weighted by molar-refractivity contribution is 7.89. The Labute approximate surface area is 114 Å². The molecule has 1 aliphatic heterocycles. The van der Waals surface area contributed by atoms with E-state index in [2.05, 4.69) is 15.0 Å². The van der Waals surface area contributed by atoms with Gasteiger partial charge in [0.15, 0.2) is 0 Å². The van der Waals surface area contributed by atoms with Gasteiger partial charge < -0.3 is 10.3 Å². The van der Waals surface area contributed by atoms with Gasteiger partial charge in [-0.2, -0.15) is 0 Å². The number of hydrazine groups is 1. The summed E-state index contributed by atoms with van der Waals surface area (Å²) in [5, 5.41) is 0. The van der Waals surface area contributed by atoms with E-state index < -0.39 is 10.0 Å². The molecule has 1 unspecified atom stereocenters. The number of nitrogen functional groups attached to an aromatic ring is 1. The molecule has 7 heteroatoms. The van der Waals surface area contributed by atoms with Crippen LogP contribution in [0, 0.1) is 0 Å². The van der Waals surface area contributed by atoms with Crippen molar-refractivity contribution in [2.45, 2.75) is 23.8 Å². The van der Waals surface area contributed by atoms with Gasteiger partial charge in [0.2, 0.25) is 10.0 Å². The summed E-state index contributed by atoms with van der Waals surface area (Å²) >= 11 is 0. The highest BCUT2D eigenvalue weighted by Crippen LogP contribution is 2.15. The van der Waals surface area contributed by atoms with E-state index in [0.717, 1.165) is 25.9 Å². The van der Waals surface area contributed by atoms with E-state index >= 15 is 0 Å². The van der Waals surface area contributed by atoms with Gasteiger partial charge in [-0.3, -0.25) is 5.84 Å². The van der Waals surface area contributed by atoms with Crippen molar-refractivity contribution in [1.82, 2.24) is 9.62 Å². The number of nitrogens with one attached hydrogen (secondary N) is 2. The standard InChI is InChI=1S/C12H20N4O2S/c1-16-8-2-3-11(9-16)15-19(17,18)12-6-4-10(14-13)5-7-12/h4-7,11,14-15H,2-3,8-9,13H2,1H3. The third kappa shape index (κ3) is 3.66. The molecule has 1 saturated heterocycles. The number of likely N-dealkylation sites (N-methyl/N-ethyl adjacent to an activating group) is 1. The molecular formula is C12H20N4O2S. The second-order valence-electron chi connectivity index (χ2n) is 4.89. The fourth-order valence-corrected chi connectivity index (χ4v) is 3.54. The molecule has 0 aliphatic carbocycles. The number of anilines is 1. The second-order valence-corrected chi connectivity index (χ2v) is 6.61. The first-order valence-corrected chi connectivity index (χ1v) is 7.77. The van der Waals surface area contributed by atoms with E-state index in [9.17, 15) is 8.42 Å². The third-order valence-electron chi connectivity index (χ3n) is 3.28. The topological polar surface area (TPSA) is 87.5 Å². The molecule has 0 bridgehead atoms. The first-order chi connectivity index (χ1) is 9.01. The van der Waals surface area contributed by atoms with Gasteiger partial charge in [-0.1, -0.05) is 0 Å². The lowest BCUT2D eigenvalue weighted by Gasteiger charge is -2.29. The fourth-order valence-electron chi connectivity index (χ4n) is 2.28. The van der Waals surface area contributed by atoms with Gasteiger partial charge in [-0.15, -0.1) is 0 Å². The Morgan fingerprint density at radius 3 is 2.58 bits per heavy atom. The molecule has 0 saturated carbocycles. The Bertz CT molecular complexity index is 515. The zero-order valence-electron chi connectivity index (χ0n) is 11.0. The van der Waals surface area contributed by atoms with Crippen LogP contribution in [0.1, 0.15) is 12.8 Å². The van der Waals surface area contributed by atoms with Gasteiger partial charge >= 0.3 is 0 Å². The Kier molecular flexibility index (Phi) is 4.41. The predicted molar refractivity (Wildman–Crippen MR) is 75.1 cm³/mol. The first-order valence-electron chi connectivity index (χ1n) is 6.29. The lowest BCUT2D eigenvalue weighted by atomic mass is 10.1. The highest BCUT2D eigenvalue weighted by atomic mass is 32.2. The Morgan fingerprint density at radius 1 is 1.32 bits per heavy atom. The molecule has 1 heterocycles. The molecule has 0 amide bonds. The zero-order valence-corrected chi connectivity index (χ0v) is 11.8. The first kappa shape index (κ1) is 14.3. The number of benzene rings is 1. The molecule has 106 valence electrons. The van der Waals surface area contributed by atoms with E-state index in [1.54, 1.807) is 24.3 Å². The van der Waals surface area contributed by atoms with Crippen LogP contribution < -0.4 is 16.0 Å². The maximum atomic E-state index is 12.2. The number of rotatable bonds is 4. The molecular weight excluding hydrogens is 264 g/mol. The quantitative estimate of drug-likeness (QED) is 0.548.